The molecule has 0 aromatic carbocycles. The molecule has 3 saturated heterocycles. The molecule has 6 rings (SSSR count). The Kier molecular flexibility index (Phi) is 6.87. The van der Waals surface area contributed by atoms with Crippen molar-refractivity contribution in [3.63, 3.8) is 0 Å². The van der Waals surface area contributed by atoms with E-state index in [1.807, 2.05) is 34.1 Å². The van der Waals surface area contributed by atoms with Gasteiger partial charge in [-0.1, -0.05) is 12.5 Å². The van der Waals surface area contributed by atoms with Gasteiger partial charge in [-0.05, 0) is 32.0 Å². The SMILES string of the molecule is COc1cc(-c2cnn(C3CN(CC4CN(C(=O)/C=C/CN5CCCCC5)C4)C3)c2)cn2ncc(C#N)c12. The Morgan fingerprint density at radius 3 is 2.66 bits per heavy atom. The van der Waals surface area contributed by atoms with Crippen molar-refractivity contribution in [3.8, 4) is 22.9 Å². The Labute approximate surface area is 222 Å². The zero-order chi connectivity index (χ0) is 26.1. The molecule has 6 heterocycles. The van der Waals surface area contributed by atoms with Crippen LogP contribution in [-0.2, 0) is 4.79 Å². The second-order valence-corrected chi connectivity index (χ2v) is 10.7. The third-order valence-electron chi connectivity index (χ3n) is 8.02. The van der Waals surface area contributed by atoms with E-state index in [-0.39, 0.29) is 5.91 Å². The summed E-state index contributed by atoms with van der Waals surface area (Å²) in [6.07, 6.45) is 15.1. The highest BCUT2D eigenvalue weighted by molar-refractivity contribution is 5.88. The molecule has 0 unspecified atom stereocenters. The van der Waals surface area contributed by atoms with Crippen LogP contribution in [-0.4, -0.2) is 99.5 Å². The van der Waals surface area contributed by atoms with E-state index in [4.69, 9.17) is 4.74 Å². The minimum absolute atomic E-state index is 0.151. The summed E-state index contributed by atoms with van der Waals surface area (Å²) in [7, 11) is 1.60. The molecule has 3 aromatic heterocycles. The van der Waals surface area contributed by atoms with Crippen LogP contribution in [0.1, 0.15) is 30.9 Å². The number of fused-ring (bicyclic) bond motifs is 1. The van der Waals surface area contributed by atoms with Crippen LogP contribution in [0.3, 0.4) is 0 Å². The fourth-order valence-corrected chi connectivity index (χ4v) is 5.81. The van der Waals surface area contributed by atoms with E-state index in [1.54, 1.807) is 23.9 Å². The number of carbonyl (C=O) groups excluding carboxylic acids is 1. The molecule has 0 spiro atoms. The summed E-state index contributed by atoms with van der Waals surface area (Å²) in [4.78, 5) is 19.3. The van der Waals surface area contributed by atoms with Crippen molar-refractivity contribution in [2.45, 2.75) is 25.3 Å². The van der Waals surface area contributed by atoms with E-state index in [0.717, 1.165) is 63.5 Å². The monoisotopic (exact) mass is 514 g/mol. The number of amides is 1. The molecule has 3 fully saturated rings. The highest BCUT2D eigenvalue weighted by Gasteiger charge is 2.35. The average molecular weight is 515 g/mol. The largest absolute Gasteiger partial charge is 0.494 e. The van der Waals surface area contributed by atoms with Gasteiger partial charge in [0, 0.05) is 74.8 Å². The number of pyridine rings is 1. The van der Waals surface area contributed by atoms with Gasteiger partial charge in [-0.3, -0.25) is 19.3 Å². The van der Waals surface area contributed by atoms with Crippen molar-refractivity contribution < 1.29 is 9.53 Å². The van der Waals surface area contributed by atoms with Crippen LogP contribution in [0.15, 0.2) is 43.0 Å². The number of likely N-dealkylation sites (tertiary alicyclic amines) is 3. The van der Waals surface area contributed by atoms with Gasteiger partial charge < -0.3 is 9.64 Å². The Bertz CT molecular complexity index is 1370. The van der Waals surface area contributed by atoms with Crippen LogP contribution in [0.2, 0.25) is 0 Å². The minimum atomic E-state index is 0.151. The fourth-order valence-electron chi connectivity index (χ4n) is 5.81. The third kappa shape index (κ3) is 4.91. The molecular weight excluding hydrogens is 480 g/mol. The lowest BCUT2D eigenvalue weighted by Gasteiger charge is -2.46. The number of piperidine rings is 1. The Morgan fingerprint density at radius 1 is 1.08 bits per heavy atom. The zero-order valence-electron chi connectivity index (χ0n) is 21.9. The van der Waals surface area contributed by atoms with Gasteiger partial charge in [0.05, 0.1) is 25.5 Å². The number of nitrogens with zero attached hydrogens (tertiary/aromatic N) is 8. The number of hydrogen-bond donors (Lipinski definition) is 0. The lowest BCUT2D eigenvalue weighted by atomic mass is 9.96. The quantitative estimate of drug-likeness (QED) is 0.426. The number of carbonyl (C=O) groups is 1. The van der Waals surface area contributed by atoms with E-state index in [2.05, 4.69) is 32.3 Å². The van der Waals surface area contributed by atoms with E-state index in [1.165, 1.54) is 19.3 Å². The van der Waals surface area contributed by atoms with Gasteiger partial charge in [0.25, 0.3) is 0 Å². The number of nitriles is 1. The molecule has 0 aliphatic carbocycles. The highest BCUT2D eigenvalue weighted by Crippen LogP contribution is 2.31. The molecule has 10 nitrogen and oxygen atoms in total. The van der Waals surface area contributed by atoms with Crippen molar-refractivity contribution >= 4 is 11.4 Å². The molecule has 0 N–H and O–H groups in total. The molecular formula is C28H34N8O2. The van der Waals surface area contributed by atoms with Gasteiger partial charge >= 0.3 is 0 Å². The predicted octanol–water partition coefficient (Wildman–Crippen LogP) is 2.44. The second kappa shape index (κ2) is 10.6. The van der Waals surface area contributed by atoms with Crippen LogP contribution < -0.4 is 4.74 Å². The molecule has 198 valence electrons. The molecule has 3 aliphatic heterocycles. The van der Waals surface area contributed by atoms with Crippen molar-refractivity contribution in [2.75, 3.05) is 59.5 Å². The van der Waals surface area contributed by atoms with Gasteiger partial charge in [-0.2, -0.15) is 15.5 Å². The maximum Gasteiger partial charge on any atom is 0.246 e. The topological polar surface area (TPSA) is 94.9 Å². The van der Waals surface area contributed by atoms with Crippen LogP contribution in [0.25, 0.3) is 16.6 Å². The molecule has 1 amide bonds. The number of ether oxygens (including phenoxy) is 1. The van der Waals surface area contributed by atoms with Crippen molar-refractivity contribution in [1.82, 2.24) is 34.1 Å². The number of rotatable bonds is 8. The first-order chi connectivity index (χ1) is 18.6. The van der Waals surface area contributed by atoms with Crippen LogP contribution >= 0.6 is 0 Å². The highest BCUT2D eigenvalue weighted by atomic mass is 16.5. The normalized spacial score (nSPS) is 19.5. The van der Waals surface area contributed by atoms with Gasteiger partial charge in [-0.25, -0.2) is 4.52 Å². The van der Waals surface area contributed by atoms with Crippen LogP contribution in [0.5, 0.6) is 5.75 Å². The summed E-state index contributed by atoms with van der Waals surface area (Å²) >= 11 is 0. The van der Waals surface area contributed by atoms with Gasteiger partial charge in [0.15, 0.2) is 0 Å². The average Bonchev–Trinajstić information content (AvgIpc) is 3.54. The summed E-state index contributed by atoms with van der Waals surface area (Å²) in [6.45, 7) is 7.86. The molecule has 0 atom stereocenters. The van der Waals surface area contributed by atoms with E-state index < -0.39 is 0 Å². The lowest BCUT2D eigenvalue weighted by Crippen LogP contribution is -2.57. The first-order valence-corrected chi connectivity index (χ1v) is 13.5. The Hall–Kier alpha value is -3.68. The minimum Gasteiger partial charge on any atom is -0.494 e. The fraction of sp³-hybridized carbons (Fsp3) is 0.500. The lowest BCUT2D eigenvalue weighted by molar-refractivity contribution is -0.133. The Morgan fingerprint density at radius 2 is 1.89 bits per heavy atom. The van der Waals surface area contributed by atoms with Crippen LogP contribution in [0, 0.1) is 17.2 Å². The van der Waals surface area contributed by atoms with Crippen molar-refractivity contribution in [1.29, 1.82) is 5.26 Å². The summed E-state index contributed by atoms with van der Waals surface area (Å²) in [5.74, 6) is 1.32. The maximum atomic E-state index is 12.4. The van der Waals surface area contributed by atoms with E-state index >= 15 is 0 Å². The second-order valence-electron chi connectivity index (χ2n) is 10.7. The smallest absolute Gasteiger partial charge is 0.246 e. The van der Waals surface area contributed by atoms with E-state index in [9.17, 15) is 10.1 Å². The summed E-state index contributed by atoms with van der Waals surface area (Å²) in [5.41, 5.74) is 3.08. The van der Waals surface area contributed by atoms with Gasteiger partial charge in [0.1, 0.15) is 22.9 Å². The van der Waals surface area contributed by atoms with Crippen molar-refractivity contribution in [2.24, 2.45) is 5.92 Å². The number of aromatic nitrogens is 4. The maximum absolute atomic E-state index is 12.4. The molecule has 10 heteroatoms. The van der Waals surface area contributed by atoms with Gasteiger partial charge in [0.2, 0.25) is 5.91 Å². The van der Waals surface area contributed by atoms with Crippen LogP contribution in [0.4, 0.5) is 0 Å². The summed E-state index contributed by atoms with van der Waals surface area (Å²) in [6, 6.07) is 4.44. The first-order valence-electron chi connectivity index (χ1n) is 13.5. The zero-order valence-corrected chi connectivity index (χ0v) is 21.9. The standard InChI is InChI=1S/C28H34N8O2/c1-38-26-10-22(17-36-28(26)23(11-29)12-31-36)24-13-30-35(18-24)25-19-33(20-25)14-21-15-34(16-21)27(37)6-5-9-32-7-3-2-4-8-32/h5-6,10,12-13,17-18,21,25H,2-4,7-9,14-16,19-20H2,1H3/b6-5+. The summed E-state index contributed by atoms with van der Waals surface area (Å²) in [5, 5.41) is 18.3. The van der Waals surface area contributed by atoms with Gasteiger partial charge in [-0.15, -0.1) is 0 Å². The number of methoxy groups -OCH3 is 1. The predicted molar refractivity (Wildman–Crippen MR) is 143 cm³/mol. The Balaban J connectivity index is 0.970. The van der Waals surface area contributed by atoms with E-state index in [0.29, 0.717) is 28.8 Å². The first kappa shape index (κ1) is 24.6. The number of hydrogen-bond acceptors (Lipinski definition) is 7. The van der Waals surface area contributed by atoms with Crippen molar-refractivity contribution in [3.05, 3.63) is 48.6 Å². The third-order valence-corrected chi connectivity index (χ3v) is 8.02. The molecule has 3 aromatic rings. The molecule has 3 aliphatic rings. The molecule has 38 heavy (non-hydrogen) atoms. The molecule has 0 radical (unpaired) electrons. The summed E-state index contributed by atoms with van der Waals surface area (Å²) < 4.78 is 9.26. The molecule has 0 saturated carbocycles. The molecule has 0 bridgehead atoms.